The number of benzene rings is 3. The van der Waals surface area contributed by atoms with Crippen LogP contribution >= 0.6 is 0 Å². The van der Waals surface area contributed by atoms with Gasteiger partial charge in [-0.2, -0.15) is 0 Å². The number of carbonyl (C=O) groups excluding carboxylic acids is 2. The van der Waals surface area contributed by atoms with Gasteiger partial charge in [0, 0.05) is 0 Å². The highest BCUT2D eigenvalue weighted by Gasteiger charge is 2.34. The third-order valence-electron chi connectivity index (χ3n) is 5.18. The number of nitrogens with one attached hydrogen (secondary N) is 1. The van der Waals surface area contributed by atoms with Crippen molar-refractivity contribution in [3.8, 4) is 17.2 Å². The summed E-state index contributed by atoms with van der Waals surface area (Å²) in [4.78, 5) is 25.3. The van der Waals surface area contributed by atoms with E-state index in [1.807, 2.05) is 44.2 Å². The molecule has 1 heterocycles. The normalized spacial score (nSPS) is 14.3. The van der Waals surface area contributed by atoms with Gasteiger partial charge in [0.2, 0.25) is 0 Å². The maximum Gasteiger partial charge on any atom is 0.282 e. The second kappa shape index (κ2) is 10.6. The number of rotatable bonds is 9. The number of hydrazine groups is 1. The topological polar surface area (TPSA) is 77.1 Å². The second-order valence-corrected chi connectivity index (χ2v) is 7.58. The average Bonchev–Trinajstić information content (AvgIpc) is 3.13. The lowest BCUT2D eigenvalue weighted by atomic mass is 10.1. The van der Waals surface area contributed by atoms with Gasteiger partial charge in [0.05, 0.1) is 12.3 Å². The van der Waals surface area contributed by atoms with E-state index >= 15 is 0 Å². The summed E-state index contributed by atoms with van der Waals surface area (Å²) in [5, 5.41) is 1.24. The molecule has 0 spiro atoms. The number of hydrogen-bond acceptors (Lipinski definition) is 5. The van der Waals surface area contributed by atoms with Crippen LogP contribution < -0.4 is 24.6 Å². The van der Waals surface area contributed by atoms with Gasteiger partial charge >= 0.3 is 0 Å². The van der Waals surface area contributed by atoms with Crippen LogP contribution in [0.2, 0.25) is 0 Å². The van der Waals surface area contributed by atoms with E-state index in [1.54, 1.807) is 48.5 Å². The zero-order valence-electron chi connectivity index (χ0n) is 19.1. The van der Waals surface area contributed by atoms with Crippen molar-refractivity contribution >= 4 is 23.6 Å². The van der Waals surface area contributed by atoms with Crippen molar-refractivity contribution < 1.29 is 23.8 Å². The Morgan fingerprint density at radius 3 is 2.26 bits per heavy atom. The van der Waals surface area contributed by atoms with E-state index in [0.29, 0.717) is 42.6 Å². The number of nitrogens with zero attached hydrogens (tertiary/aromatic N) is 1. The van der Waals surface area contributed by atoms with Gasteiger partial charge in [-0.1, -0.05) is 42.5 Å². The molecule has 1 aliphatic rings. The van der Waals surface area contributed by atoms with E-state index < -0.39 is 11.8 Å². The highest BCUT2D eigenvalue weighted by Crippen LogP contribution is 2.30. The SMILES string of the molecule is CCOc1cc(/C=C2\C(=O)NN(c3ccccc3)C2=O)ccc1OCCOc1ccccc1C. The fourth-order valence-electron chi connectivity index (χ4n) is 3.51. The van der Waals surface area contributed by atoms with Gasteiger partial charge in [0.25, 0.3) is 11.8 Å². The Kier molecular flexibility index (Phi) is 7.13. The lowest BCUT2D eigenvalue weighted by Crippen LogP contribution is -2.35. The van der Waals surface area contributed by atoms with Gasteiger partial charge in [0.15, 0.2) is 11.5 Å². The molecule has 0 aromatic heterocycles. The molecule has 0 saturated carbocycles. The number of para-hydroxylation sites is 2. The highest BCUT2D eigenvalue weighted by molar-refractivity contribution is 6.31. The predicted octanol–water partition coefficient (Wildman–Crippen LogP) is 4.31. The first-order valence-corrected chi connectivity index (χ1v) is 11.1. The Morgan fingerprint density at radius 1 is 0.824 bits per heavy atom. The van der Waals surface area contributed by atoms with Crippen LogP contribution in [0.5, 0.6) is 17.2 Å². The zero-order valence-corrected chi connectivity index (χ0v) is 19.1. The largest absolute Gasteiger partial charge is 0.490 e. The molecule has 0 unspecified atom stereocenters. The molecule has 0 atom stereocenters. The first kappa shape index (κ1) is 22.9. The number of aryl methyl sites for hydroxylation is 1. The standard InChI is InChI=1S/C27H26N2O5/c1-3-32-25-18-20(13-14-24(25)34-16-15-33-23-12-8-7-9-19(23)2)17-22-26(30)28-29(27(22)31)21-10-5-4-6-11-21/h4-14,17-18H,3,15-16H2,1-2H3,(H,28,30)/b22-17+. The second-order valence-electron chi connectivity index (χ2n) is 7.58. The molecule has 7 nitrogen and oxygen atoms in total. The Balaban J connectivity index is 1.45. The van der Waals surface area contributed by atoms with Crippen LogP contribution in [0.3, 0.4) is 0 Å². The van der Waals surface area contributed by atoms with Crippen molar-refractivity contribution in [2.24, 2.45) is 0 Å². The van der Waals surface area contributed by atoms with Gasteiger partial charge in [0.1, 0.15) is 24.5 Å². The van der Waals surface area contributed by atoms with Crippen LogP contribution in [-0.2, 0) is 9.59 Å². The van der Waals surface area contributed by atoms with Crippen molar-refractivity contribution in [1.29, 1.82) is 0 Å². The minimum absolute atomic E-state index is 0.0478. The summed E-state index contributed by atoms with van der Waals surface area (Å²) < 4.78 is 17.4. The third-order valence-corrected chi connectivity index (χ3v) is 5.18. The molecule has 1 aliphatic heterocycles. The quantitative estimate of drug-likeness (QED) is 0.294. The lowest BCUT2D eigenvalue weighted by Gasteiger charge is -2.14. The summed E-state index contributed by atoms with van der Waals surface area (Å²) in [6, 6.07) is 22.0. The van der Waals surface area contributed by atoms with Gasteiger partial charge in [-0.3, -0.25) is 15.0 Å². The van der Waals surface area contributed by atoms with Crippen molar-refractivity contribution in [2.45, 2.75) is 13.8 Å². The zero-order chi connectivity index (χ0) is 23.9. The summed E-state index contributed by atoms with van der Waals surface area (Å²) in [5.74, 6) is 1.04. The maximum absolute atomic E-state index is 12.8. The van der Waals surface area contributed by atoms with Crippen LogP contribution in [0.1, 0.15) is 18.1 Å². The molecule has 0 radical (unpaired) electrons. The first-order chi connectivity index (χ1) is 16.6. The average molecular weight is 459 g/mol. The van der Waals surface area contributed by atoms with Crippen LogP contribution in [-0.4, -0.2) is 31.6 Å². The lowest BCUT2D eigenvalue weighted by molar-refractivity contribution is -0.117. The number of hydrogen-bond donors (Lipinski definition) is 1. The molecule has 3 aromatic carbocycles. The number of ether oxygens (including phenoxy) is 3. The maximum atomic E-state index is 12.8. The molecule has 1 fully saturated rings. The molecule has 0 bridgehead atoms. The molecule has 2 amide bonds. The summed E-state index contributed by atoms with van der Waals surface area (Å²) in [6.45, 7) is 5.03. The molecular weight excluding hydrogens is 432 g/mol. The van der Waals surface area contributed by atoms with Crippen molar-refractivity contribution in [1.82, 2.24) is 5.43 Å². The molecule has 34 heavy (non-hydrogen) atoms. The molecule has 174 valence electrons. The van der Waals surface area contributed by atoms with Crippen molar-refractivity contribution in [3.05, 3.63) is 89.5 Å². The molecule has 3 aromatic rings. The Labute approximate surface area is 198 Å². The van der Waals surface area contributed by atoms with Crippen LogP contribution in [0.4, 0.5) is 5.69 Å². The molecule has 0 aliphatic carbocycles. The van der Waals surface area contributed by atoms with E-state index in [-0.39, 0.29) is 5.57 Å². The summed E-state index contributed by atoms with van der Waals surface area (Å²) in [5.41, 5.74) is 4.96. The molecular formula is C27H26N2O5. The third kappa shape index (κ3) is 5.20. The fraction of sp³-hybridized carbons (Fsp3) is 0.185. The Hall–Kier alpha value is -4.26. The minimum Gasteiger partial charge on any atom is -0.490 e. The number of amides is 2. The number of carbonyl (C=O) groups is 2. The summed E-state index contributed by atoms with van der Waals surface area (Å²) >= 11 is 0. The van der Waals surface area contributed by atoms with E-state index in [1.165, 1.54) is 5.01 Å². The molecule has 1 saturated heterocycles. The summed E-state index contributed by atoms with van der Waals surface area (Å²) in [6.07, 6.45) is 1.55. The van der Waals surface area contributed by atoms with E-state index in [9.17, 15) is 9.59 Å². The number of anilines is 1. The van der Waals surface area contributed by atoms with Crippen LogP contribution in [0, 0.1) is 6.92 Å². The Morgan fingerprint density at radius 2 is 1.53 bits per heavy atom. The monoisotopic (exact) mass is 458 g/mol. The van der Waals surface area contributed by atoms with Gasteiger partial charge in [-0.05, 0) is 61.4 Å². The van der Waals surface area contributed by atoms with Gasteiger partial charge < -0.3 is 14.2 Å². The van der Waals surface area contributed by atoms with Gasteiger partial charge in [-0.25, -0.2) is 5.01 Å². The smallest absolute Gasteiger partial charge is 0.282 e. The Bertz CT molecular complexity index is 1210. The minimum atomic E-state index is -0.458. The van der Waals surface area contributed by atoms with Crippen LogP contribution in [0.15, 0.2) is 78.4 Å². The van der Waals surface area contributed by atoms with Crippen molar-refractivity contribution in [3.63, 3.8) is 0 Å². The summed E-state index contributed by atoms with van der Waals surface area (Å²) in [7, 11) is 0. The fourth-order valence-corrected chi connectivity index (χ4v) is 3.51. The predicted molar refractivity (Wildman–Crippen MR) is 130 cm³/mol. The van der Waals surface area contributed by atoms with E-state index in [0.717, 1.165) is 11.3 Å². The van der Waals surface area contributed by atoms with E-state index in [4.69, 9.17) is 14.2 Å². The van der Waals surface area contributed by atoms with Crippen molar-refractivity contribution in [2.75, 3.05) is 24.8 Å². The van der Waals surface area contributed by atoms with E-state index in [2.05, 4.69) is 5.43 Å². The highest BCUT2D eigenvalue weighted by atomic mass is 16.5. The first-order valence-electron chi connectivity index (χ1n) is 11.1. The molecule has 4 rings (SSSR count). The van der Waals surface area contributed by atoms with Gasteiger partial charge in [-0.15, -0.1) is 0 Å². The van der Waals surface area contributed by atoms with Crippen LogP contribution in [0.25, 0.3) is 6.08 Å². The molecule has 1 N–H and O–H groups in total. The molecule has 7 heteroatoms.